The van der Waals surface area contributed by atoms with Crippen molar-refractivity contribution in [3.8, 4) is 17.0 Å². The first kappa shape index (κ1) is 17.2. The monoisotopic (exact) mass is 402 g/mol. The summed E-state index contributed by atoms with van der Waals surface area (Å²) in [6.07, 6.45) is 3.89. The molecule has 2 aromatic heterocycles. The Kier molecular flexibility index (Phi) is 3.68. The Labute approximate surface area is 172 Å². The molecule has 8 heteroatoms. The Morgan fingerprint density at radius 1 is 1.23 bits per heavy atom. The van der Waals surface area contributed by atoms with Crippen molar-refractivity contribution in [2.75, 3.05) is 23.8 Å². The van der Waals surface area contributed by atoms with E-state index in [-0.39, 0.29) is 11.9 Å². The molecule has 4 aromatic rings. The summed E-state index contributed by atoms with van der Waals surface area (Å²) in [6.45, 7) is 1.27. The predicted octanol–water partition coefficient (Wildman–Crippen LogP) is 3.19. The standard InChI is InChI=1S/C22H22N6O2/c23-22(29)20(11-1-2-11)26-14-8-16-18-17(9-14)30-6-5-24-21(18)19(27-16)12-3-4-15-13(7-12)10-25-28-15/h3-4,7-11,20,24,26-27H,1-2,5-6H2,(H2,23,29)(H,25,28)/t20-/m0/s1. The highest BCUT2D eigenvalue weighted by Crippen LogP contribution is 2.44. The quantitative estimate of drug-likeness (QED) is 0.351. The van der Waals surface area contributed by atoms with E-state index in [0.29, 0.717) is 19.1 Å². The normalized spacial score (nSPS) is 16.7. The van der Waals surface area contributed by atoms with Crippen LogP contribution in [0.15, 0.2) is 36.5 Å². The van der Waals surface area contributed by atoms with Gasteiger partial charge in [0.25, 0.3) is 0 Å². The second kappa shape index (κ2) is 6.41. The van der Waals surface area contributed by atoms with Gasteiger partial charge in [0.2, 0.25) is 5.91 Å². The zero-order valence-electron chi connectivity index (χ0n) is 16.3. The summed E-state index contributed by atoms with van der Waals surface area (Å²) in [4.78, 5) is 15.5. The van der Waals surface area contributed by atoms with Gasteiger partial charge in [-0.1, -0.05) is 6.07 Å². The molecule has 2 aromatic carbocycles. The number of nitrogens with zero attached hydrogens (tertiary/aromatic N) is 1. The fourth-order valence-electron chi connectivity index (χ4n) is 4.35. The van der Waals surface area contributed by atoms with E-state index in [9.17, 15) is 4.79 Å². The van der Waals surface area contributed by atoms with Crippen LogP contribution >= 0.6 is 0 Å². The highest BCUT2D eigenvalue weighted by Gasteiger charge is 2.35. The number of hydrogen-bond donors (Lipinski definition) is 5. The van der Waals surface area contributed by atoms with Crippen molar-refractivity contribution >= 4 is 39.1 Å². The minimum absolute atomic E-state index is 0.313. The van der Waals surface area contributed by atoms with E-state index >= 15 is 0 Å². The maximum atomic E-state index is 11.9. The Bertz CT molecular complexity index is 1290. The summed E-state index contributed by atoms with van der Waals surface area (Å²) in [5, 5.41) is 16.0. The van der Waals surface area contributed by atoms with Gasteiger partial charge in [-0.3, -0.25) is 9.89 Å². The molecule has 1 fully saturated rings. The summed E-state index contributed by atoms with van der Waals surface area (Å²) in [6, 6.07) is 9.86. The van der Waals surface area contributed by atoms with E-state index in [4.69, 9.17) is 10.5 Å². The lowest BCUT2D eigenvalue weighted by molar-refractivity contribution is -0.119. The van der Waals surface area contributed by atoms with Crippen molar-refractivity contribution in [3.63, 3.8) is 0 Å². The second-order valence-corrected chi connectivity index (χ2v) is 8.08. The van der Waals surface area contributed by atoms with Gasteiger partial charge in [-0.05, 0) is 37.0 Å². The van der Waals surface area contributed by atoms with Crippen molar-refractivity contribution in [3.05, 3.63) is 36.5 Å². The molecule has 30 heavy (non-hydrogen) atoms. The number of H-pyrrole nitrogens is 2. The number of rotatable bonds is 5. The Balaban J connectivity index is 1.48. The van der Waals surface area contributed by atoms with Crippen molar-refractivity contribution < 1.29 is 9.53 Å². The van der Waals surface area contributed by atoms with Crippen LogP contribution in [0.5, 0.6) is 5.75 Å². The molecule has 1 atom stereocenters. The van der Waals surface area contributed by atoms with Gasteiger partial charge in [-0.25, -0.2) is 0 Å². The topological polar surface area (TPSA) is 121 Å². The number of aromatic amines is 2. The molecule has 1 amide bonds. The van der Waals surface area contributed by atoms with E-state index in [1.165, 1.54) is 0 Å². The number of primary amides is 1. The zero-order valence-corrected chi connectivity index (χ0v) is 16.3. The number of nitrogens with two attached hydrogens (primary N) is 1. The number of fused-ring (bicyclic) bond motifs is 1. The smallest absolute Gasteiger partial charge is 0.240 e. The van der Waals surface area contributed by atoms with Gasteiger partial charge in [0.1, 0.15) is 18.4 Å². The summed E-state index contributed by atoms with van der Waals surface area (Å²) in [7, 11) is 0. The highest BCUT2D eigenvalue weighted by atomic mass is 16.5. The molecule has 2 aliphatic rings. The third-order valence-electron chi connectivity index (χ3n) is 5.97. The molecule has 0 unspecified atom stereocenters. The van der Waals surface area contributed by atoms with Crippen molar-refractivity contribution in [2.45, 2.75) is 18.9 Å². The lowest BCUT2D eigenvalue weighted by Crippen LogP contribution is -2.37. The second-order valence-electron chi connectivity index (χ2n) is 8.08. The van der Waals surface area contributed by atoms with Crippen LogP contribution < -0.4 is 21.1 Å². The SMILES string of the molecule is NC(=O)[C@@H](Nc1cc2c3c(c(-c4ccc5[nH]ncc5c4)[nH]c3c1)NCCO2)C1CC1. The van der Waals surface area contributed by atoms with Gasteiger partial charge in [-0.15, -0.1) is 0 Å². The number of nitrogens with one attached hydrogen (secondary N) is 4. The van der Waals surface area contributed by atoms with Crippen LogP contribution in [0.3, 0.4) is 0 Å². The van der Waals surface area contributed by atoms with Crippen LogP contribution in [0, 0.1) is 5.92 Å². The summed E-state index contributed by atoms with van der Waals surface area (Å²) in [5.74, 6) is 0.796. The predicted molar refractivity (Wildman–Crippen MR) is 117 cm³/mol. The van der Waals surface area contributed by atoms with Gasteiger partial charge >= 0.3 is 0 Å². The van der Waals surface area contributed by atoms with Crippen LogP contribution in [0.4, 0.5) is 11.4 Å². The molecule has 0 radical (unpaired) electrons. The average molecular weight is 402 g/mol. The summed E-state index contributed by atoms with van der Waals surface area (Å²) < 4.78 is 6.03. The van der Waals surface area contributed by atoms with Crippen molar-refractivity contribution in [1.82, 2.24) is 15.2 Å². The van der Waals surface area contributed by atoms with E-state index in [1.54, 1.807) is 0 Å². The number of carbonyl (C=O) groups excluding carboxylic acids is 1. The maximum Gasteiger partial charge on any atom is 0.240 e. The number of ether oxygens (including phenoxy) is 1. The Morgan fingerprint density at radius 3 is 2.97 bits per heavy atom. The van der Waals surface area contributed by atoms with Crippen molar-refractivity contribution in [1.29, 1.82) is 0 Å². The molecular weight excluding hydrogens is 380 g/mol. The molecule has 0 spiro atoms. The molecule has 152 valence electrons. The van der Waals surface area contributed by atoms with Gasteiger partial charge in [0.15, 0.2) is 0 Å². The van der Waals surface area contributed by atoms with Gasteiger partial charge in [-0.2, -0.15) is 5.10 Å². The summed E-state index contributed by atoms with van der Waals surface area (Å²) in [5.41, 5.74) is 11.5. The molecule has 3 heterocycles. The first-order valence-corrected chi connectivity index (χ1v) is 10.2. The lowest BCUT2D eigenvalue weighted by atomic mass is 10.1. The van der Waals surface area contributed by atoms with Crippen LogP contribution in [-0.4, -0.2) is 40.3 Å². The number of amides is 1. The number of anilines is 2. The number of aromatic nitrogens is 3. The summed E-state index contributed by atoms with van der Waals surface area (Å²) >= 11 is 0. The van der Waals surface area contributed by atoms with Crippen LogP contribution in [0.1, 0.15) is 12.8 Å². The van der Waals surface area contributed by atoms with Crippen molar-refractivity contribution in [2.24, 2.45) is 11.7 Å². The van der Waals surface area contributed by atoms with Crippen LogP contribution in [0.2, 0.25) is 0 Å². The molecule has 0 saturated heterocycles. The minimum Gasteiger partial charge on any atom is -0.491 e. The van der Waals surface area contributed by atoms with E-state index in [0.717, 1.165) is 63.0 Å². The third kappa shape index (κ3) is 2.75. The first-order valence-electron chi connectivity index (χ1n) is 10.2. The van der Waals surface area contributed by atoms with Gasteiger partial charge in [0.05, 0.1) is 34.0 Å². The molecule has 6 N–H and O–H groups in total. The maximum absolute atomic E-state index is 11.9. The molecule has 8 nitrogen and oxygen atoms in total. The Morgan fingerprint density at radius 2 is 2.13 bits per heavy atom. The van der Waals surface area contributed by atoms with Gasteiger partial charge < -0.3 is 26.1 Å². The van der Waals surface area contributed by atoms with E-state index < -0.39 is 0 Å². The molecule has 1 aliphatic carbocycles. The molecule has 6 rings (SSSR count). The van der Waals surface area contributed by atoms with Crippen LogP contribution in [-0.2, 0) is 4.79 Å². The Hall–Kier alpha value is -3.68. The molecule has 1 saturated carbocycles. The lowest BCUT2D eigenvalue weighted by Gasteiger charge is -2.17. The van der Waals surface area contributed by atoms with E-state index in [2.05, 4.69) is 37.9 Å². The fraction of sp³-hybridized carbons (Fsp3) is 0.273. The number of carbonyl (C=O) groups is 1. The zero-order chi connectivity index (χ0) is 20.2. The average Bonchev–Trinajstić information content (AvgIpc) is 3.40. The highest BCUT2D eigenvalue weighted by molar-refractivity contribution is 6.07. The van der Waals surface area contributed by atoms with E-state index in [1.807, 2.05) is 24.4 Å². The minimum atomic E-state index is -0.351. The van der Waals surface area contributed by atoms with Gasteiger partial charge in [0, 0.05) is 29.2 Å². The largest absolute Gasteiger partial charge is 0.491 e. The number of hydrogen-bond acceptors (Lipinski definition) is 5. The van der Waals surface area contributed by atoms with Crippen LogP contribution in [0.25, 0.3) is 33.1 Å². The first-order chi connectivity index (χ1) is 14.7. The molecule has 1 aliphatic heterocycles. The number of benzene rings is 2. The third-order valence-corrected chi connectivity index (χ3v) is 5.97. The fourth-order valence-corrected chi connectivity index (χ4v) is 4.35. The molecule has 0 bridgehead atoms. The molecular formula is C22H22N6O2.